The molecule has 0 N–H and O–H groups in total. The van der Waals surface area contributed by atoms with Gasteiger partial charge in [-0.15, -0.1) is 0 Å². The fourth-order valence-electron chi connectivity index (χ4n) is 4.47. The van der Waals surface area contributed by atoms with Crippen molar-refractivity contribution in [1.29, 1.82) is 0 Å². The predicted octanol–water partition coefficient (Wildman–Crippen LogP) is 6.25. The summed E-state index contributed by atoms with van der Waals surface area (Å²) in [5.41, 5.74) is 6.03. The first-order valence-electron chi connectivity index (χ1n) is 12.1. The van der Waals surface area contributed by atoms with Crippen molar-refractivity contribution in [2.45, 2.75) is 65.6 Å². The second-order valence-corrected chi connectivity index (χ2v) is 9.81. The van der Waals surface area contributed by atoms with E-state index >= 15 is 0 Å². The van der Waals surface area contributed by atoms with Gasteiger partial charge in [0.05, 0.1) is 6.54 Å². The summed E-state index contributed by atoms with van der Waals surface area (Å²) in [7, 11) is 0. The maximum Gasteiger partial charge on any atom is 0.246 e. The number of nitrogens with zero attached hydrogens (tertiary/aromatic N) is 3. The number of anilines is 1. The molecular weight excluding hydrogens is 414 g/mol. The SMILES string of the molecule is CCCCN(C(=O)CN1CC(C)C/C1=C\CC1=NC=C(C)C(C)C1)c1cccc(CS)c1. The number of carbonyl (C=O) groups is 1. The molecule has 0 aromatic heterocycles. The number of rotatable bonds is 9. The van der Waals surface area contributed by atoms with Crippen LogP contribution in [0.3, 0.4) is 0 Å². The van der Waals surface area contributed by atoms with Crippen LogP contribution < -0.4 is 4.90 Å². The van der Waals surface area contributed by atoms with Crippen molar-refractivity contribution < 1.29 is 4.79 Å². The van der Waals surface area contributed by atoms with E-state index in [-0.39, 0.29) is 5.91 Å². The number of likely N-dealkylation sites (tertiary alicyclic amines) is 1. The zero-order valence-corrected chi connectivity index (χ0v) is 21.1. The minimum atomic E-state index is 0.178. The Morgan fingerprint density at radius 3 is 2.84 bits per heavy atom. The number of aliphatic imine (C=N–C) groups is 1. The fraction of sp³-hybridized carbons (Fsp3) is 0.556. The Morgan fingerprint density at radius 1 is 1.31 bits per heavy atom. The second-order valence-electron chi connectivity index (χ2n) is 9.49. The lowest BCUT2D eigenvalue weighted by atomic mass is 9.93. The Morgan fingerprint density at radius 2 is 2.12 bits per heavy atom. The van der Waals surface area contributed by atoms with Crippen LogP contribution in [-0.2, 0) is 10.5 Å². The van der Waals surface area contributed by atoms with Crippen LogP contribution in [0.5, 0.6) is 0 Å². The molecule has 174 valence electrons. The first kappa shape index (κ1) is 24.6. The molecule has 1 amide bonds. The van der Waals surface area contributed by atoms with E-state index in [9.17, 15) is 4.79 Å². The summed E-state index contributed by atoms with van der Waals surface area (Å²) in [4.78, 5) is 22.4. The van der Waals surface area contributed by atoms with Crippen LogP contribution in [0.1, 0.15) is 65.4 Å². The molecule has 2 unspecified atom stereocenters. The summed E-state index contributed by atoms with van der Waals surface area (Å²) < 4.78 is 0. The number of unbranched alkanes of at least 4 members (excludes halogenated alkanes) is 1. The summed E-state index contributed by atoms with van der Waals surface area (Å²) in [5, 5.41) is 0. The molecule has 4 nitrogen and oxygen atoms in total. The number of carbonyl (C=O) groups excluding carboxylic acids is 1. The maximum absolute atomic E-state index is 13.4. The monoisotopic (exact) mass is 453 g/mol. The summed E-state index contributed by atoms with van der Waals surface area (Å²) in [6, 6.07) is 8.23. The Labute approximate surface area is 199 Å². The van der Waals surface area contributed by atoms with E-state index in [1.807, 2.05) is 23.2 Å². The molecule has 1 fully saturated rings. The molecule has 0 aliphatic carbocycles. The first-order valence-corrected chi connectivity index (χ1v) is 12.7. The van der Waals surface area contributed by atoms with E-state index in [0.717, 1.165) is 56.4 Å². The molecule has 2 aliphatic rings. The summed E-state index contributed by atoms with van der Waals surface area (Å²) in [5.74, 6) is 2.00. The standard InChI is InChI=1S/C27H39N3OS/c1-5-6-12-30(26-9-7-8-23(15-26)19-32)27(31)18-29-17-20(2)13-25(29)11-10-24-14-21(3)22(4)16-28-24/h7-9,11,15-16,20-21,32H,5-6,10,12-14,17-19H2,1-4H3/b25-11+. The Balaban J connectivity index is 1.72. The van der Waals surface area contributed by atoms with Crippen LogP contribution in [0.2, 0.25) is 0 Å². The van der Waals surface area contributed by atoms with Gasteiger partial charge in [-0.05, 0) is 55.7 Å². The summed E-state index contributed by atoms with van der Waals surface area (Å²) in [6.07, 6.45) is 9.35. The van der Waals surface area contributed by atoms with Crippen molar-refractivity contribution in [1.82, 2.24) is 4.90 Å². The summed E-state index contributed by atoms with van der Waals surface area (Å²) in [6.45, 7) is 11.0. The van der Waals surface area contributed by atoms with Gasteiger partial charge in [-0.3, -0.25) is 9.79 Å². The van der Waals surface area contributed by atoms with Crippen LogP contribution >= 0.6 is 12.6 Å². The zero-order chi connectivity index (χ0) is 23.1. The van der Waals surface area contributed by atoms with Crippen molar-refractivity contribution in [3.05, 3.63) is 53.4 Å². The molecule has 1 aromatic rings. The molecule has 0 spiro atoms. The fourth-order valence-corrected chi connectivity index (χ4v) is 4.66. The van der Waals surface area contributed by atoms with Gasteiger partial charge in [0.15, 0.2) is 0 Å². The molecule has 5 heteroatoms. The largest absolute Gasteiger partial charge is 0.365 e. The van der Waals surface area contributed by atoms with Gasteiger partial charge >= 0.3 is 0 Å². The topological polar surface area (TPSA) is 35.9 Å². The molecule has 2 aliphatic heterocycles. The highest BCUT2D eigenvalue weighted by molar-refractivity contribution is 7.79. The second kappa shape index (κ2) is 11.7. The molecule has 1 aromatic carbocycles. The highest BCUT2D eigenvalue weighted by Gasteiger charge is 2.27. The Hall–Kier alpha value is -2.01. The predicted molar refractivity (Wildman–Crippen MR) is 139 cm³/mol. The molecule has 32 heavy (non-hydrogen) atoms. The van der Waals surface area contributed by atoms with Crippen molar-refractivity contribution in [3.8, 4) is 0 Å². The highest BCUT2D eigenvalue weighted by atomic mass is 32.1. The quantitative estimate of drug-likeness (QED) is 0.449. The molecule has 2 heterocycles. The van der Waals surface area contributed by atoms with Gasteiger partial charge in [0.2, 0.25) is 5.91 Å². The van der Waals surface area contributed by atoms with Crippen LogP contribution in [0.25, 0.3) is 0 Å². The van der Waals surface area contributed by atoms with Gasteiger partial charge in [0, 0.05) is 48.6 Å². The molecule has 3 rings (SSSR count). The third-order valence-corrected chi connectivity index (χ3v) is 6.97. The van der Waals surface area contributed by atoms with Gasteiger partial charge in [-0.1, -0.05) is 51.0 Å². The number of allylic oxidation sites excluding steroid dienone is 3. The van der Waals surface area contributed by atoms with Crippen molar-refractivity contribution in [2.75, 3.05) is 24.5 Å². The molecule has 1 saturated heterocycles. The Bertz CT molecular complexity index is 889. The third kappa shape index (κ3) is 6.50. The minimum absolute atomic E-state index is 0.178. The number of amides is 1. The van der Waals surface area contributed by atoms with E-state index in [0.29, 0.717) is 24.1 Å². The minimum Gasteiger partial charge on any atom is -0.365 e. The van der Waals surface area contributed by atoms with Crippen molar-refractivity contribution >= 4 is 29.9 Å². The lowest BCUT2D eigenvalue weighted by molar-refractivity contribution is -0.119. The number of hydrogen-bond acceptors (Lipinski definition) is 4. The number of thiol groups is 1. The van der Waals surface area contributed by atoms with Gasteiger partial charge in [0.1, 0.15) is 0 Å². The average Bonchev–Trinajstić information content (AvgIpc) is 3.13. The van der Waals surface area contributed by atoms with E-state index in [1.165, 1.54) is 17.0 Å². The van der Waals surface area contributed by atoms with E-state index < -0.39 is 0 Å². The third-order valence-electron chi connectivity index (χ3n) is 6.61. The van der Waals surface area contributed by atoms with Gasteiger partial charge < -0.3 is 9.80 Å². The molecule has 0 radical (unpaired) electrons. The lowest BCUT2D eigenvalue weighted by Crippen LogP contribution is -2.40. The van der Waals surface area contributed by atoms with Crippen LogP contribution in [0.4, 0.5) is 5.69 Å². The van der Waals surface area contributed by atoms with Crippen LogP contribution in [-0.4, -0.2) is 36.2 Å². The van der Waals surface area contributed by atoms with E-state index in [4.69, 9.17) is 0 Å². The number of hydrogen-bond donors (Lipinski definition) is 1. The lowest BCUT2D eigenvalue weighted by Gasteiger charge is -2.27. The maximum atomic E-state index is 13.4. The highest BCUT2D eigenvalue weighted by Crippen LogP contribution is 2.28. The van der Waals surface area contributed by atoms with E-state index in [1.54, 1.807) is 0 Å². The van der Waals surface area contributed by atoms with Crippen molar-refractivity contribution in [2.24, 2.45) is 16.8 Å². The van der Waals surface area contributed by atoms with Gasteiger partial charge in [0.25, 0.3) is 0 Å². The molecule has 0 bridgehead atoms. The number of benzene rings is 1. The summed E-state index contributed by atoms with van der Waals surface area (Å²) >= 11 is 4.41. The zero-order valence-electron chi connectivity index (χ0n) is 20.2. The van der Waals surface area contributed by atoms with Crippen LogP contribution in [0, 0.1) is 11.8 Å². The van der Waals surface area contributed by atoms with Gasteiger partial charge in [-0.2, -0.15) is 12.6 Å². The molecule has 0 saturated carbocycles. The average molecular weight is 454 g/mol. The smallest absolute Gasteiger partial charge is 0.246 e. The van der Waals surface area contributed by atoms with Crippen LogP contribution in [0.15, 0.2) is 52.8 Å². The normalized spacial score (nSPS) is 22.2. The van der Waals surface area contributed by atoms with E-state index in [2.05, 4.69) is 68.4 Å². The van der Waals surface area contributed by atoms with Crippen molar-refractivity contribution in [3.63, 3.8) is 0 Å². The Kier molecular flexibility index (Phi) is 9.03. The molecule has 2 atom stereocenters. The first-order chi connectivity index (χ1) is 15.4. The van der Waals surface area contributed by atoms with Gasteiger partial charge in [-0.25, -0.2) is 0 Å². The molecular formula is C27H39N3OS.